The molecule has 1 aromatic heterocycles. The van der Waals surface area contributed by atoms with Gasteiger partial charge >= 0.3 is 0 Å². The molecule has 4 aliphatic rings. The van der Waals surface area contributed by atoms with Gasteiger partial charge in [-0.3, -0.25) is 19.4 Å². The highest BCUT2D eigenvalue weighted by Crippen LogP contribution is 2.37. The topological polar surface area (TPSA) is 102 Å². The second-order valence-electron chi connectivity index (χ2n) is 13.4. The van der Waals surface area contributed by atoms with E-state index in [2.05, 4.69) is 52.8 Å². The van der Waals surface area contributed by atoms with E-state index in [4.69, 9.17) is 4.98 Å². The fraction of sp³-hybridized carbons (Fsp3) is 0.774. The lowest BCUT2D eigenvalue weighted by Gasteiger charge is -2.51. The van der Waals surface area contributed by atoms with E-state index in [1.54, 1.807) is 12.4 Å². The van der Waals surface area contributed by atoms with Gasteiger partial charge < -0.3 is 24.9 Å². The Labute approximate surface area is 245 Å². The second-order valence-corrected chi connectivity index (χ2v) is 13.4. The van der Waals surface area contributed by atoms with Crippen molar-refractivity contribution in [1.82, 2.24) is 30.0 Å². The summed E-state index contributed by atoms with van der Waals surface area (Å²) < 4.78 is 0. The zero-order valence-corrected chi connectivity index (χ0v) is 25.4. The molecule has 5 heterocycles. The third-order valence-electron chi connectivity index (χ3n) is 9.79. The Morgan fingerprint density at radius 2 is 1.80 bits per heavy atom. The molecule has 1 N–H and O–H groups in total. The molecule has 4 fully saturated rings. The van der Waals surface area contributed by atoms with Crippen molar-refractivity contribution in [2.75, 3.05) is 57.8 Å². The molecule has 5 atom stereocenters. The Morgan fingerprint density at radius 3 is 2.56 bits per heavy atom. The molecule has 10 heteroatoms. The van der Waals surface area contributed by atoms with Gasteiger partial charge in [-0.1, -0.05) is 20.8 Å². The van der Waals surface area contributed by atoms with Gasteiger partial charge in [0.15, 0.2) is 0 Å². The van der Waals surface area contributed by atoms with Crippen molar-refractivity contribution < 1.29 is 14.4 Å². The van der Waals surface area contributed by atoms with Crippen LogP contribution in [0, 0.1) is 23.7 Å². The third-order valence-corrected chi connectivity index (χ3v) is 9.79. The minimum atomic E-state index is -0.0521. The number of anilines is 1. The number of nitrogens with zero attached hydrogens (tertiary/aromatic N) is 6. The first kappa shape index (κ1) is 29.7. The summed E-state index contributed by atoms with van der Waals surface area (Å²) in [6.45, 7) is 12.0. The van der Waals surface area contributed by atoms with Crippen molar-refractivity contribution in [2.24, 2.45) is 23.7 Å². The molecule has 4 aliphatic heterocycles. The predicted molar refractivity (Wildman–Crippen MR) is 158 cm³/mol. The number of hydrogen-bond acceptors (Lipinski definition) is 7. The minimum Gasteiger partial charge on any atom is -0.355 e. The van der Waals surface area contributed by atoms with E-state index in [0.29, 0.717) is 49.4 Å². The number of amides is 3. The third kappa shape index (κ3) is 7.19. The van der Waals surface area contributed by atoms with E-state index in [1.807, 2.05) is 4.90 Å². The van der Waals surface area contributed by atoms with E-state index in [9.17, 15) is 14.4 Å². The van der Waals surface area contributed by atoms with E-state index >= 15 is 0 Å². The molecule has 0 saturated carbocycles. The zero-order chi connectivity index (χ0) is 29.1. The first-order valence-corrected chi connectivity index (χ1v) is 15.8. The van der Waals surface area contributed by atoms with Gasteiger partial charge in [0.2, 0.25) is 11.8 Å². The van der Waals surface area contributed by atoms with Crippen molar-refractivity contribution in [2.45, 2.75) is 77.8 Å². The number of piperazine rings is 1. The Kier molecular flexibility index (Phi) is 9.46. The van der Waals surface area contributed by atoms with Crippen LogP contribution in [0.3, 0.4) is 0 Å². The first-order valence-electron chi connectivity index (χ1n) is 15.8. The molecule has 2 bridgehead atoms. The van der Waals surface area contributed by atoms with Gasteiger partial charge in [-0.05, 0) is 62.8 Å². The van der Waals surface area contributed by atoms with E-state index < -0.39 is 0 Å². The van der Waals surface area contributed by atoms with Crippen molar-refractivity contribution in [3.05, 3.63) is 18.1 Å². The van der Waals surface area contributed by atoms with Crippen LogP contribution < -0.4 is 10.2 Å². The zero-order valence-electron chi connectivity index (χ0n) is 25.4. The molecule has 5 rings (SSSR count). The van der Waals surface area contributed by atoms with Crippen molar-refractivity contribution in [3.63, 3.8) is 0 Å². The second kappa shape index (κ2) is 13.0. The van der Waals surface area contributed by atoms with Gasteiger partial charge in [-0.2, -0.15) is 0 Å². The monoisotopic (exact) mass is 567 g/mol. The maximum Gasteiger partial charge on any atom is 0.274 e. The summed E-state index contributed by atoms with van der Waals surface area (Å²) in [6.07, 6.45) is 8.96. The van der Waals surface area contributed by atoms with Crippen LogP contribution in [0.5, 0.6) is 0 Å². The lowest BCUT2D eigenvalue weighted by molar-refractivity contribution is -0.139. The molecule has 0 unspecified atom stereocenters. The molecule has 0 radical (unpaired) electrons. The number of rotatable bonds is 3. The summed E-state index contributed by atoms with van der Waals surface area (Å²) in [5, 5.41) is 3.28. The first-order chi connectivity index (χ1) is 19.7. The number of nitrogens with one attached hydrogen (secondary N) is 1. The molecule has 41 heavy (non-hydrogen) atoms. The van der Waals surface area contributed by atoms with E-state index in [1.165, 1.54) is 0 Å². The average molecular weight is 568 g/mol. The SMILES string of the molecule is CC(C)[C@@H]1CC[C@@H](C)CC(=O)N2C[C@H]3C[C@@H](CN(c4cncc(C(=O)N5CCN(C)CC5)n4)C3)[C@@H]2CCCC(=O)N1. The summed E-state index contributed by atoms with van der Waals surface area (Å²) in [4.78, 5) is 57.5. The van der Waals surface area contributed by atoms with Gasteiger partial charge in [-0.25, -0.2) is 4.98 Å². The Balaban J connectivity index is 1.30. The highest BCUT2D eigenvalue weighted by molar-refractivity contribution is 5.92. The van der Waals surface area contributed by atoms with Gasteiger partial charge in [0.1, 0.15) is 11.5 Å². The number of aromatic nitrogens is 2. The highest BCUT2D eigenvalue weighted by Gasteiger charge is 2.43. The standard InChI is InChI=1S/C31H49N7O3/c1-21(2)25-9-8-22(3)14-30(40)38-19-23-15-24(27(38)6-5-7-29(39)34-25)20-37(18-23)28-17-32-16-26(33-28)31(41)36-12-10-35(4)11-13-36/h16-17,21-25,27H,5-15,18-20H2,1-4H3,(H,34,39)/t22-,23+,24+,25+,27+/m1/s1. The maximum atomic E-state index is 13.7. The normalized spacial score (nSPS) is 30.7. The summed E-state index contributed by atoms with van der Waals surface area (Å²) in [5.74, 6) is 2.41. The fourth-order valence-corrected chi connectivity index (χ4v) is 7.28. The smallest absolute Gasteiger partial charge is 0.274 e. The predicted octanol–water partition coefficient (Wildman–Crippen LogP) is 2.65. The summed E-state index contributed by atoms with van der Waals surface area (Å²) in [7, 11) is 2.07. The molecule has 226 valence electrons. The molecule has 0 aromatic carbocycles. The molecule has 3 amide bonds. The van der Waals surface area contributed by atoms with Crippen LogP contribution in [-0.2, 0) is 9.59 Å². The summed E-state index contributed by atoms with van der Waals surface area (Å²) in [6, 6.07) is 0.280. The van der Waals surface area contributed by atoms with Crippen LogP contribution >= 0.6 is 0 Å². The van der Waals surface area contributed by atoms with E-state index in [0.717, 1.165) is 70.6 Å². The van der Waals surface area contributed by atoms with Gasteiger partial charge in [0.25, 0.3) is 5.91 Å². The number of carbonyl (C=O) groups excluding carboxylic acids is 3. The Morgan fingerprint density at radius 1 is 1.02 bits per heavy atom. The van der Waals surface area contributed by atoms with Gasteiger partial charge in [0, 0.05) is 70.7 Å². The number of hydrogen-bond donors (Lipinski definition) is 1. The summed E-state index contributed by atoms with van der Waals surface area (Å²) in [5.41, 5.74) is 0.404. The van der Waals surface area contributed by atoms with E-state index in [-0.39, 0.29) is 35.7 Å². The fourth-order valence-electron chi connectivity index (χ4n) is 7.28. The van der Waals surface area contributed by atoms with Crippen LogP contribution in [0.1, 0.15) is 76.2 Å². The lowest BCUT2D eigenvalue weighted by atomic mass is 9.77. The molecule has 0 aliphatic carbocycles. The maximum absolute atomic E-state index is 13.7. The molecule has 10 nitrogen and oxygen atoms in total. The average Bonchev–Trinajstić information content (AvgIpc) is 2.96. The Bertz CT molecular complexity index is 1090. The number of piperidine rings is 2. The van der Waals surface area contributed by atoms with Gasteiger partial charge in [-0.15, -0.1) is 0 Å². The number of fused-ring (bicyclic) bond motifs is 4. The lowest BCUT2D eigenvalue weighted by Crippen LogP contribution is -2.59. The molecule has 1 aromatic rings. The molecular weight excluding hydrogens is 518 g/mol. The van der Waals surface area contributed by atoms with Crippen molar-refractivity contribution in [3.8, 4) is 0 Å². The number of likely N-dealkylation sites (N-methyl/N-ethyl adjacent to an activating group) is 1. The van der Waals surface area contributed by atoms with Crippen LogP contribution in [0.2, 0.25) is 0 Å². The number of carbonyl (C=O) groups is 3. The Hall–Kier alpha value is -2.75. The van der Waals surface area contributed by atoms with Crippen molar-refractivity contribution >= 4 is 23.5 Å². The molecule has 4 saturated heterocycles. The minimum absolute atomic E-state index is 0.0521. The van der Waals surface area contributed by atoms with Crippen LogP contribution in [0.25, 0.3) is 0 Å². The highest BCUT2D eigenvalue weighted by atomic mass is 16.2. The largest absolute Gasteiger partial charge is 0.355 e. The summed E-state index contributed by atoms with van der Waals surface area (Å²) >= 11 is 0. The van der Waals surface area contributed by atoms with Crippen LogP contribution in [-0.4, -0.2) is 107 Å². The van der Waals surface area contributed by atoms with Crippen LogP contribution in [0.4, 0.5) is 5.82 Å². The molecular formula is C31H49N7O3. The van der Waals surface area contributed by atoms with Crippen molar-refractivity contribution in [1.29, 1.82) is 0 Å². The molecule has 0 spiro atoms. The van der Waals surface area contributed by atoms with Gasteiger partial charge in [0.05, 0.1) is 12.4 Å². The quantitative estimate of drug-likeness (QED) is 0.599. The van der Waals surface area contributed by atoms with Crippen LogP contribution in [0.15, 0.2) is 12.4 Å².